The zero-order valence-electron chi connectivity index (χ0n) is 11.7. The summed E-state index contributed by atoms with van der Waals surface area (Å²) in [5, 5.41) is 3.58. The summed E-state index contributed by atoms with van der Waals surface area (Å²) < 4.78 is 0. The second-order valence-electron chi connectivity index (χ2n) is 6.43. The fraction of sp³-hybridized carbons (Fsp3) is 0.647. The van der Waals surface area contributed by atoms with Gasteiger partial charge in [0.1, 0.15) is 0 Å². The molecule has 2 unspecified atom stereocenters. The Hall–Kier alpha value is -1.18. The van der Waals surface area contributed by atoms with E-state index in [1.807, 2.05) is 0 Å². The molecule has 2 aliphatic heterocycles. The number of hydrogen-bond donors (Lipinski definition) is 1. The van der Waals surface area contributed by atoms with Crippen LogP contribution in [0.4, 0.5) is 11.4 Å². The first-order valence-corrected chi connectivity index (χ1v) is 8.06. The molecule has 0 spiro atoms. The average Bonchev–Trinajstić information content (AvgIpc) is 2.95. The van der Waals surface area contributed by atoms with Crippen molar-refractivity contribution in [3.05, 3.63) is 23.8 Å². The Labute approximate surface area is 116 Å². The maximum atomic E-state index is 3.58. The quantitative estimate of drug-likeness (QED) is 0.822. The van der Waals surface area contributed by atoms with Crippen LogP contribution in [0.1, 0.15) is 44.1 Å². The monoisotopic (exact) mass is 256 g/mol. The molecule has 2 fully saturated rings. The average molecular weight is 256 g/mol. The minimum Gasteiger partial charge on any atom is -0.385 e. The summed E-state index contributed by atoms with van der Waals surface area (Å²) in [5.41, 5.74) is 4.52. The van der Waals surface area contributed by atoms with Crippen molar-refractivity contribution < 1.29 is 0 Å². The summed E-state index contributed by atoms with van der Waals surface area (Å²) in [7, 11) is 0. The van der Waals surface area contributed by atoms with Gasteiger partial charge < -0.3 is 10.2 Å². The normalized spacial score (nSPS) is 29.6. The van der Waals surface area contributed by atoms with Crippen molar-refractivity contribution in [2.24, 2.45) is 5.92 Å². The molecule has 102 valence electrons. The Kier molecular flexibility index (Phi) is 2.90. The standard InChI is InChI=1S/C17H24N2/c1-5-13-6-4-12-19(16(13)9-1)17-10-2-8-15-14(17)7-3-11-18-15/h2,8,10,13,16,18H,1,3-7,9,11-12H2. The molecule has 1 aliphatic carbocycles. The zero-order valence-corrected chi connectivity index (χ0v) is 11.7. The lowest BCUT2D eigenvalue weighted by atomic mass is 9.90. The second kappa shape index (κ2) is 4.73. The molecule has 2 nitrogen and oxygen atoms in total. The number of anilines is 2. The van der Waals surface area contributed by atoms with Crippen molar-refractivity contribution in [1.29, 1.82) is 0 Å². The Bertz CT molecular complexity index is 468. The molecular formula is C17H24N2. The number of piperidine rings is 1. The first-order chi connectivity index (χ1) is 9.43. The predicted octanol–water partition coefficient (Wildman–Crippen LogP) is 3.81. The third kappa shape index (κ3) is 1.92. The third-order valence-corrected chi connectivity index (χ3v) is 5.37. The van der Waals surface area contributed by atoms with E-state index in [1.54, 1.807) is 11.3 Å². The van der Waals surface area contributed by atoms with E-state index < -0.39 is 0 Å². The molecule has 2 atom stereocenters. The van der Waals surface area contributed by atoms with Crippen LogP contribution >= 0.6 is 0 Å². The molecule has 1 saturated heterocycles. The van der Waals surface area contributed by atoms with Gasteiger partial charge in [-0.05, 0) is 62.1 Å². The summed E-state index contributed by atoms with van der Waals surface area (Å²) >= 11 is 0. The van der Waals surface area contributed by atoms with Crippen molar-refractivity contribution in [2.45, 2.75) is 51.0 Å². The van der Waals surface area contributed by atoms with Gasteiger partial charge in [0.05, 0.1) is 0 Å². The maximum absolute atomic E-state index is 3.58. The summed E-state index contributed by atoms with van der Waals surface area (Å²) in [5.74, 6) is 0.973. The molecular weight excluding hydrogens is 232 g/mol. The smallest absolute Gasteiger partial charge is 0.0422 e. The zero-order chi connectivity index (χ0) is 12.7. The molecule has 0 bridgehead atoms. The topological polar surface area (TPSA) is 15.3 Å². The van der Waals surface area contributed by atoms with Crippen LogP contribution < -0.4 is 10.2 Å². The molecule has 1 saturated carbocycles. The minimum absolute atomic E-state index is 0.835. The van der Waals surface area contributed by atoms with Gasteiger partial charge in [-0.3, -0.25) is 0 Å². The first kappa shape index (κ1) is 11.6. The van der Waals surface area contributed by atoms with Crippen LogP contribution in [-0.4, -0.2) is 19.1 Å². The van der Waals surface area contributed by atoms with E-state index in [1.165, 1.54) is 57.2 Å². The summed E-state index contributed by atoms with van der Waals surface area (Å²) in [6.45, 7) is 2.42. The molecule has 19 heavy (non-hydrogen) atoms. The van der Waals surface area contributed by atoms with Crippen molar-refractivity contribution >= 4 is 11.4 Å². The molecule has 1 aromatic carbocycles. The lowest BCUT2D eigenvalue weighted by Gasteiger charge is -2.41. The highest BCUT2D eigenvalue weighted by Crippen LogP contribution is 2.42. The molecule has 1 N–H and O–H groups in total. The van der Waals surface area contributed by atoms with Gasteiger partial charge >= 0.3 is 0 Å². The van der Waals surface area contributed by atoms with Gasteiger partial charge in [-0.1, -0.05) is 12.5 Å². The highest BCUT2D eigenvalue weighted by Gasteiger charge is 2.36. The van der Waals surface area contributed by atoms with E-state index in [2.05, 4.69) is 28.4 Å². The number of benzene rings is 1. The van der Waals surface area contributed by atoms with Gasteiger partial charge in [0.25, 0.3) is 0 Å². The van der Waals surface area contributed by atoms with E-state index in [9.17, 15) is 0 Å². The molecule has 4 rings (SSSR count). The summed E-state index contributed by atoms with van der Waals surface area (Å²) in [6, 6.07) is 7.70. The number of nitrogens with zero attached hydrogens (tertiary/aromatic N) is 1. The van der Waals surface area contributed by atoms with Crippen molar-refractivity contribution in [2.75, 3.05) is 23.3 Å². The van der Waals surface area contributed by atoms with Crippen LogP contribution in [0.2, 0.25) is 0 Å². The van der Waals surface area contributed by atoms with Crippen LogP contribution in [0.5, 0.6) is 0 Å². The van der Waals surface area contributed by atoms with E-state index in [0.717, 1.165) is 18.5 Å². The second-order valence-corrected chi connectivity index (χ2v) is 6.43. The predicted molar refractivity (Wildman–Crippen MR) is 81.0 cm³/mol. The van der Waals surface area contributed by atoms with E-state index in [0.29, 0.717) is 0 Å². The molecule has 1 aromatic rings. The third-order valence-electron chi connectivity index (χ3n) is 5.37. The van der Waals surface area contributed by atoms with Crippen LogP contribution in [0.3, 0.4) is 0 Å². The number of hydrogen-bond acceptors (Lipinski definition) is 2. The van der Waals surface area contributed by atoms with Gasteiger partial charge in [0.15, 0.2) is 0 Å². The van der Waals surface area contributed by atoms with E-state index in [4.69, 9.17) is 0 Å². The largest absolute Gasteiger partial charge is 0.385 e. The molecule has 2 heterocycles. The number of rotatable bonds is 1. The molecule has 2 heteroatoms. The Morgan fingerprint density at radius 1 is 1.05 bits per heavy atom. The molecule has 0 radical (unpaired) electrons. The van der Waals surface area contributed by atoms with Crippen molar-refractivity contribution in [3.63, 3.8) is 0 Å². The van der Waals surface area contributed by atoms with Gasteiger partial charge in [-0.25, -0.2) is 0 Å². The summed E-state index contributed by atoms with van der Waals surface area (Å²) in [6.07, 6.45) is 9.72. The highest BCUT2D eigenvalue weighted by molar-refractivity contribution is 5.68. The van der Waals surface area contributed by atoms with Gasteiger partial charge in [0, 0.05) is 30.5 Å². The van der Waals surface area contributed by atoms with Gasteiger partial charge in [0.2, 0.25) is 0 Å². The Morgan fingerprint density at radius 2 is 2.00 bits per heavy atom. The van der Waals surface area contributed by atoms with Crippen LogP contribution in [0.15, 0.2) is 18.2 Å². The van der Waals surface area contributed by atoms with E-state index >= 15 is 0 Å². The summed E-state index contributed by atoms with van der Waals surface area (Å²) in [4.78, 5) is 2.76. The highest BCUT2D eigenvalue weighted by atomic mass is 15.2. The minimum atomic E-state index is 0.835. The van der Waals surface area contributed by atoms with Crippen LogP contribution in [-0.2, 0) is 6.42 Å². The molecule has 3 aliphatic rings. The Morgan fingerprint density at radius 3 is 3.00 bits per heavy atom. The Balaban J connectivity index is 1.71. The van der Waals surface area contributed by atoms with Gasteiger partial charge in [-0.15, -0.1) is 0 Å². The lowest BCUT2D eigenvalue weighted by Crippen LogP contribution is -2.43. The first-order valence-electron chi connectivity index (χ1n) is 8.06. The number of fused-ring (bicyclic) bond motifs is 2. The molecule has 0 amide bonds. The SMILES string of the molecule is c1cc2c(c(N3CCCC4CCCC43)c1)CCCN2. The van der Waals surface area contributed by atoms with Crippen molar-refractivity contribution in [3.8, 4) is 0 Å². The van der Waals surface area contributed by atoms with Gasteiger partial charge in [-0.2, -0.15) is 0 Å². The lowest BCUT2D eigenvalue weighted by molar-refractivity contribution is 0.362. The fourth-order valence-corrected chi connectivity index (χ4v) is 4.51. The van der Waals surface area contributed by atoms with Crippen molar-refractivity contribution in [1.82, 2.24) is 0 Å². The maximum Gasteiger partial charge on any atom is 0.0422 e. The van der Waals surface area contributed by atoms with Crippen LogP contribution in [0.25, 0.3) is 0 Å². The number of nitrogens with one attached hydrogen (secondary N) is 1. The fourth-order valence-electron chi connectivity index (χ4n) is 4.51. The van der Waals surface area contributed by atoms with Crippen LogP contribution in [0, 0.1) is 5.92 Å². The van der Waals surface area contributed by atoms with E-state index in [-0.39, 0.29) is 0 Å². The molecule has 0 aromatic heterocycles.